The molecule has 1 saturated heterocycles. The highest BCUT2D eigenvalue weighted by Gasteiger charge is 2.35. The minimum absolute atomic E-state index is 0.177. The standard InChI is InChI=1S/C15H19NO3/c1-2-14(17)16(10-13-6-4-3-5-7-13)11-15(18)8-9-19-12-15/h2-7,18H,1,8-12H2. The maximum Gasteiger partial charge on any atom is 0.246 e. The topological polar surface area (TPSA) is 49.8 Å². The van der Waals surface area contributed by atoms with Crippen LogP contribution in [-0.2, 0) is 16.1 Å². The minimum Gasteiger partial charge on any atom is -0.386 e. The van der Waals surface area contributed by atoms with Crippen LogP contribution in [0, 0.1) is 0 Å². The van der Waals surface area contributed by atoms with Crippen molar-refractivity contribution in [3.05, 3.63) is 48.6 Å². The number of ether oxygens (including phenoxy) is 1. The van der Waals surface area contributed by atoms with E-state index in [0.717, 1.165) is 5.56 Å². The highest BCUT2D eigenvalue weighted by atomic mass is 16.5. The first kappa shape index (κ1) is 13.8. The van der Waals surface area contributed by atoms with E-state index in [-0.39, 0.29) is 19.1 Å². The molecule has 4 nitrogen and oxygen atoms in total. The molecule has 0 bridgehead atoms. The van der Waals surface area contributed by atoms with Crippen molar-refractivity contribution >= 4 is 5.91 Å². The van der Waals surface area contributed by atoms with Gasteiger partial charge in [0.1, 0.15) is 5.60 Å². The predicted octanol–water partition coefficient (Wildman–Crippen LogP) is 1.35. The summed E-state index contributed by atoms with van der Waals surface area (Å²) in [4.78, 5) is 13.5. The van der Waals surface area contributed by atoms with Crippen molar-refractivity contribution in [2.75, 3.05) is 19.8 Å². The van der Waals surface area contributed by atoms with Crippen molar-refractivity contribution in [3.8, 4) is 0 Å². The second-order valence-corrected chi connectivity index (χ2v) is 4.91. The molecule has 1 heterocycles. The van der Waals surface area contributed by atoms with Crippen LogP contribution in [0.25, 0.3) is 0 Å². The lowest BCUT2D eigenvalue weighted by Crippen LogP contribution is -2.45. The van der Waals surface area contributed by atoms with Crippen LogP contribution in [0.1, 0.15) is 12.0 Å². The Morgan fingerprint density at radius 3 is 2.79 bits per heavy atom. The van der Waals surface area contributed by atoms with Gasteiger partial charge in [0.25, 0.3) is 0 Å². The lowest BCUT2D eigenvalue weighted by atomic mass is 10.0. The minimum atomic E-state index is -0.937. The van der Waals surface area contributed by atoms with E-state index in [9.17, 15) is 9.90 Å². The molecule has 1 aromatic carbocycles. The third-order valence-corrected chi connectivity index (χ3v) is 3.27. The van der Waals surface area contributed by atoms with E-state index in [1.165, 1.54) is 6.08 Å². The first-order valence-corrected chi connectivity index (χ1v) is 6.38. The fourth-order valence-electron chi connectivity index (χ4n) is 2.22. The van der Waals surface area contributed by atoms with E-state index in [0.29, 0.717) is 19.6 Å². The third-order valence-electron chi connectivity index (χ3n) is 3.27. The van der Waals surface area contributed by atoms with Crippen molar-refractivity contribution < 1.29 is 14.6 Å². The molecular weight excluding hydrogens is 242 g/mol. The van der Waals surface area contributed by atoms with Gasteiger partial charge in [-0.2, -0.15) is 0 Å². The van der Waals surface area contributed by atoms with Gasteiger partial charge >= 0.3 is 0 Å². The second kappa shape index (κ2) is 5.99. The van der Waals surface area contributed by atoms with Crippen LogP contribution in [0.4, 0.5) is 0 Å². The number of carbonyl (C=O) groups is 1. The van der Waals surface area contributed by atoms with Crippen LogP contribution < -0.4 is 0 Å². The average molecular weight is 261 g/mol. The molecule has 1 N–H and O–H groups in total. The van der Waals surface area contributed by atoms with E-state index in [2.05, 4.69) is 6.58 Å². The monoisotopic (exact) mass is 261 g/mol. The van der Waals surface area contributed by atoms with Gasteiger partial charge < -0.3 is 14.7 Å². The van der Waals surface area contributed by atoms with E-state index >= 15 is 0 Å². The Labute approximate surface area is 113 Å². The lowest BCUT2D eigenvalue weighted by Gasteiger charge is -2.29. The van der Waals surface area contributed by atoms with Crippen LogP contribution in [-0.4, -0.2) is 41.3 Å². The Morgan fingerprint density at radius 2 is 2.21 bits per heavy atom. The van der Waals surface area contributed by atoms with Gasteiger partial charge in [0.05, 0.1) is 13.2 Å². The zero-order valence-electron chi connectivity index (χ0n) is 10.9. The molecule has 0 radical (unpaired) electrons. The summed E-state index contributed by atoms with van der Waals surface area (Å²) in [5.74, 6) is -0.177. The van der Waals surface area contributed by atoms with Gasteiger partial charge in [0.15, 0.2) is 0 Å². The normalized spacial score (nSPS) is 22.2. The van der Waals surface area contributed by atoms with Crippen molar-refractivity contribution in [2.45, 2.75) is 18.6 Å². The number of amides is 1. The van der Waals surface area contributed by atoms with Crippen molar-refractivity contribution in [1.29, 1.82) is 0 Å². The van der Waals surface area contributed by atoms with E-state index in [1.807, 2.05) is 30.3 Å². The highest BCUT2D eigenvalue weighted by molar-refractivity contribution is 5.87. The van der Waals surface area contributed by atoms with Gasteiger partial charge in [0.2, 0.25) is 5.91 Å². The Bertz CT molecular complexity index is 438. The SMILES string of the molecule is C=CC(=O)N(Cc1ccccc1)CC1(O)CCOC1. The molecular formula is C15H19NO3. The van der Waals surface area contributed by atoms with E-state index in [1.54, 1.807) is 4.90 Å². The Kier molecular flexibility index (Phi) is 4.35. The number of rotatable bonds is 5. The first-order valence-electron chi connectivity index (χ1n) is 6.38. The number of hydrogen-bond acceptors (Lipinski definition) is 3. The van der Waals surface area contributed by atoms with E-state index < -0.39 is 5.60 Å². The number of nitrogens with zero attached hydrogens (tertiary/aromatic N) is 1. The number of carbonyl (C=O) groups excluding carboxylic acids is 1. The molecule has 1 atom stereocenters. The number of aliphatic hydroxyl groups is 1. The van der Waals surface area contributed by atoms with Gasteiger partial charge in [-0.3, -0.25) is 4.79 Å². The van der Waals surface area contributed by atoms with Gasteiger partial charge in [-0.25, -0.2) is 0 Å². The summed E-state index contributed by atoms with van der Waals surface area (Å²) in [7, 11) is 0. The summed E-state index contributed by atoms with van der Waals surface area (Å²) in [5, 5.41) is 10.3. The molecule has 102 valence electrons. The molecule has 4 heteroatoms. The molecule has 0 spiro atoms. The Hall–Kier alpha value is -1.65. The fraction of sp³-hybridized carbons (Fsp3) is 0.400. The summed E-state index contributed by atoms with van der Waals surface area (Å²) in [6.45, 7) is 5.07. The molecule has 0 aliphatic carbocycles. The van der Waals surface area contributed by atoms with Crippen LogP contribution >= 0.6 is 0 Å². The third kappa shape index (κ3) is 3.66. The van der Waals surface area contributed by atoms with Crippen LogP contribution in [0.5, 0.6) is 0 Å². The van der Waals surface area contributed by atoms with Crippen molar-refractivity contribution in [2.24, 2.45) is 0 Å². The molecule has 0 aromatic heterocycles. The van der Waals surface area contributed by atoms with E-state index in [4.69, 9.17) is 4.74 Å². The lowest BCUT2D eigenvalue weighted by molar-refractivity contribution is -0.130. The summed E-state index contributed by atoms with van der Waals surface area (Å²) in [6.07, 6.45) is 1.84. The largest absolute Gasteiger partial charge is 0.386 e. The maximum absolute atomic E-state index is 11.9. The van der Waals surface area contributed by atoms with Crippen LogP contribution in [0.2, 0.25) is 0 Å². The van der Waals surface area contributed by atoms with Crippen molar-refractivity contribution in [1.82, 2.24) is 4.90 Å². The number of hydrogen-bond donors (Lipinski definition) is 1. The quantitative estimate of drug-likeness (QED) is 0.814. The summed E-state index contributed by atoms with van der Waals surface area (Å²) >= 11 is 0. The zero-order chi connectivity index (χ0) is 13.7. The summed E-state index contributed by atoms with van der Waals surface area (Å²) < 4.78 is 5.21. The molecule has 19 heavy (non-hydrogen) atoms. The number of benzene rings is 1. The highest BCUT2D eigenvalue weighted by Crippen LogP contribution is 2.21. The van der Waals surface area contributed by atoms with Gasteiger partial charge in [-0.05, 0) is 11.6 Å². The smallest absolute Gasteiger partial charge is 0.246 e. The van der Waals surface area contributed by atoms with Crippen molar-refractivity contribution in [3.63, 3.8) is 0 Å². The molecule has 1 unspecified atom stereocenters. The summed E-state index contributed by atoms with van der Waals surface area (Å²) in [6, 6.07) is 9.71. The predicted molar refractivity (Wildman–Crippen MR) is 72.4 cm³/mol. The molecule has 2 rings (SSSR count). The molecule has 1 fully saturated rings. The zero-order valence-corrected chi connectivity index (χ0v) is 10.9. The summed E-state index contributed by atoms with van der Waals surface area (Å²) in [5.41, 5.74) is 0.0909. The Balaban J connectivity index is 2.08. The maximum atomic E-state index is 11.9. The second-order valence-electron chi connectivity index (χ2n) is 4.91. The first-order chi connectivity index (χ1) is 9.13. The van der Waals surface area contributed by atoms with Gasteiger partial charge in [-0.15, -0.1) is 0 Å². The Morgan fingerprint density at radius 1 is 1.47 bits per heavy atom. The molecule has 1 amide bonds. The molecule has 1 aliphatic heterocycles. The average Bonchev–Trinajstić information content (AvgIpc) is 2.85. The van der Waals surface area contributed by atoms with Crippen LogP contribution in [0.15, 0.2) is 43.0 Å². The van der Waals surface area contributed by atoms with Gasteiger partial charge in [-0.1, -0.05) is 36.9 Å². The fourth-order valence-corrected chi connectivity index (χ4v) is 2.22. The molecule has 1 aromatic rings. The van der Waals surface area contributed by atoms with Gasteiger partial charge in [0, 0.05) is 19.6 Å². The van der Waals surface area contributed by atoms with Crippen LogP contribution in [0.3, 0.4) is 0 Å². The molecule has 0 saturated carbocycles. The molecule has 1 aliphatic rings.